The molecule has 1 saturated carbocycles. The van der Waals surface area contributed by atoms with Gasteiger partial charge in [0.2, 0.25) is 11.9 Å². The zero-order chi connectivity index (χ0) is 19.2. The summed E-state index contributed by atoms with van der Waals surface area (Å²) < 4.78 is 38.9. The number of aromatic nitrogens is 3. The van der Waals surface area contributed by atoms with Gasteiger partial charge in [0, 0.05) is 24.4 Å². The summed E-state index contributed by atoms with van der Waals surface area (Å²) >= 11 is 0. The summed E-state index contributed by atoms with van der Waals surface area (Å²) in [6.07, 6.45) is -0.383. The first-order valence-corrected chi connectivity index (χ1v) is 8.23. The van der Waals surface area contributed by atoms with E-state index in [1.54, 1.807) is 6.07 Å². The van der Waals surface area contributed by atoms with Crippen molar-refractivity contribution in [3.8, 4) is 0 Å². The Labute approximate surface area is 151 Å². The van der Waals surface area contributed by atoms with E-state index in [2.05, 4.69) is 20.3 Å². The first kappa shape index (κ1) is 17.4. The lowest BCUT2D eigenvalue weighted by Gasteiger charge is -2.33. The van der Waals surface area contributed by atoms with Crippen molar-refractivity contribution >= 4 is 17.8 Å². The van der Waals surface area contributed by atoms with E-state index in [1.807, 2.05) is 0 Å². The average Bonchev–Trinajstić information content (AvgIpc) is 3.39. The molecule has 140 valence electrons. The summed E-state index contributed by atoms with van der Waals surface area (Å²) in [5, 5.41) is 2.49. The van der Waals surface area contributed by atoms with Crippen molar-refractivity contribution in [2.75, 3.05) is 18.4 Å². The molecule has 0 unspecified atom stereocenters. The monoisotopic (exact) mass is 377 g/mol. The fourth-order valence-electron chi connectivity index (χ4n) is 3.25. The number of rotatable bonds is 3. The van der Waals surface area contributed by atoms with Gasteiger partial charge < -0.3 is 4.90 Å². The van der Waals surface area contributed by atoms with Crippen LogP contribution < -0.4 is 5.32 Å². The number of anilines is 1. The first-order chi connectivity index (χ1) is 12.8. The molecule has 0 atom stereocenters. The SMILES string of the molecule is O=C(CN1CC2(CC2)c2nc(C(F)(F)F)ccc2C1=O)Nc1ncccn1. The highest BCUT2D eigenvalue weighted by molar-refractivity contribution is 6.01. The molecule has 1 fully saturated rings. The molecule has 1 N–H and O–H groups in total. The maximum Gasteiger partial charge on any atom is 0.433 e. The van der Waals surface area contributed by atoms with Crippen LogP contribution in [0.15, 0.2) is 30.6 Å². The van der Waals surface area contributed by atoms with Gasteiger partial charge in [0.15, 0.2) is 0 Å². The smallest absolute Gasteiger partial charge is 0.328 e. The fraction of sp³-hybridized carbons (Fsp3) is 0.353. The molecular formula is C17H14F3N5O2. The van der Waals surface area contributed by atoms with E-state index < -0.39 is 29.1 Å². The van der Waals surface area contributed by atoms with Crippen LogP contribution in [0.25, 0.3) is 0 Å². The molecule has 3 heterocycles. The van der Waals surface area contributed by atoms with E-state index in [1.165, 1.54) is 17.3 Å². The molecule has 1 spiro atoms. The lowest BCUT2D eigenvalue weighted by molar-refractivity contribution is -0.141. The van der Waals surface area contributed by atoms with Gasteiger partial charge in [-0.3, -0.25) is 14.9 Å². The molecule has 4 rings (SSSR count). The van der Waals surface area contributed by atoms with Crippen LogP contribution >= 0.6 is 0 Å². The zero-order valence-corrected chi connectivity index (χ0v) is 14.0. The Hall–Kier alpha value is -3.04. The Bertz CT molecular complexity index is 913. The van der Waals surface area contributed by atoms with E-state index in [0.717, 1.165) is 12.1 Å². The van der Waals surface area contributed by atoms with E-state index in [0.29, 0.717) is 12.8 Å². The van der Waals surface area contributed by atoms with Gasteiger partial charge >= 0.3 is 6.18 Å². The van der Waals surface area contributed by atoms with Gasteiger partial charge in [0.1, 0.15) is 12.2 Å². The Kier molecular flexibility index (Phi) is 3.86. The maximum absolute atomic E-state index is 13.0. The molecule has 0 bridgehead atoms. The fourth-order valence-corrected chi connectivity index (χ4v) is 3.25. The van der Waals surface area contributed by atoms with Crippen LogP contribution in [0.1, 0.15) is 34.6 Å². The second kappa shape index (κ2) is 6.00. The van der Waals surface area contributed by atoms with Crippen LogP contribution in [-0.2, 0) is 16.4 Å². The highest BCUT2D eigenvalue weighted by Crippen LogP contribution is 2.52. The van der Waals surface area contributed by atoms with Gasteiger partial charge in [0.25, 0.3) is 5.91 Å². The summed E-state index contributed by atoms with van der Waals surface area (Å²) in [6, 6.07) is 3.55. The van der Waals surface area contributed by atoms with Crippen molar-refractivity contribution < 1.29 is 22.8 Å². The number of alkyl halides is 3. The zero-order valence-electron chi connectivity index (χ0n) is 14.0. The first-order valence-electron chi connectivity index (χ1n) is 8.23. The van der Waals surface area contributed by atoms with Crippen molar-refractivity contribution in [1.29, 1.82) is 0 Å². The lowest BCUT2D eigenvalue weighted by atomic mass is 9.91. The Balaban J connectivity index is 1.56. The topological polar surface area (TPSA) is 88.1 Å². The number of nitrogens with one attached hydrogen (secondary N) is 1. The van der Waals surface area contributed by atoms with E-state index in [-0.39, 0.29) is 30.3 Å². The largest absolute Gasteiger partial charge is 0.433 e. The Morgan fingerprint density at radius 1 is 1.22 bits per heavy atom. The Morgan fingerprint density at radius 3 is 2.56 bits per heavy atom. The predicted octanol–water partition coefficient (Wildman–Crippen LogP) is 2.02. The second-order valence-corrected chi connectivity index (χ2v) is 6.65. The van der Waals surface area contributed by atoms with Crippen LogP contribution in [0.3, 0.4) is 0 Å². The number of hydrogen-bond donors (Lipinski definition) is 1. The normalized spacial score (nSPS) is 17.6. The lowest BCUT2D eigenvalue weighted by Crippen LogP contribution is -2.47. The number of fused-ring (bicyclic) bond motifs is 2. The van der Waals surface area contributed by atoms with Crippen molar-refractivity contribution in [1.82, 2.24) is 19.9 Å². The molecule has 0 radical (unpaired) electrons. The van der Waals surface area contributed by atoms with Gasteiger partial charge in [-0.2, -0.15) is 13.2 Å². The van der Waals surface area contributed by atoms with Crippen molar-refractivity contribution in [3.63, 3.8) is 0 Å². The Morgan fingerprint density at radius 2 is 1.93 bits per heavy atom. The van der Waals surface area contributed by atoms with Gasteiger partial charge in [-0.25, -0.2) is 15.0 Å². The van der Waals surface area contributed by atoms with E-state index in [9.17, 15) is 22.8 Å². The van der Waals surface area contributed by atoms with Crippen LogP contribution in [0.4, 0.5) is 19.1 Å². The summed E-state index contributed by atoms with van der Waals surface area (Å²) in [5.41, 5.74) is -1.30. The van der Waals surface area contributed by atoms with Crippen molar-refractivity contribution in [2.45, 2.75) is 24.4 Å². The molecule has 1 aliphatic heterocycles. The molecule has 2 aromatic rings. The molecule has 10 heteroatoms. The molecule has 27 heavy (non-hydrogen) atoms. The van der Waals surface area contributed by atoms with Crippen molar-refractivity contribution in [2.24, 2.45) is 0 Å². The third-order valence-corrected chi connectivity index (χ3v) is 4.70. The highest BCUT2D eigenvalue weighted by atomic mass is 19.4. The molecule has 7 nitrogen and oxygen atoms in total. The number of nitrogens with zero attached hydrogens (tertiary/aromatic N) is 4. The second-order valence-electron chi connectivity index (χ2n) is 6.65. The minimum absolute atomic E-state index is 0.116. The third-order valence-electron chi connectivity index (χ3n) is 4.70. The molecule has 2 amide bonds. The van der Waals surface area contributed by atoms with Crippen LogP contribution in [0, 0.1) is 0 Å². The molecule has 2 aromatic heterocycles. The quantitative estimate of drug-likeness (QED) is 0.884. The van der Waals surface area contributed by atoms with Crippen LogP contribution in [0.5, 0.6) is 0 Å². The number of carbonyl (C=O) groups is 2. The molecule has 2 aliphatic rings. The minimum atomic E-state index is -4.57. The average molecular weight is 377 g/mol. The summed E-state index contributed by atoms with van der Waals surface area (Å²) in [6.45, 7) is -0.0739. The predicted molar refractivity (Wildman–Crippen MR) is 86.7 cm³/mol. The van der Waals surface area contributed by atoms with Gasteiger partial charge in [-0.1, -0.05) is 0 Å². The number of pyridine rings is 1. The van der Waals surface area contributed by atoms with Crippen molar-refractivity contribution in [3.05, 3.63) is 47.5 Å². The van der Waals surface area contributed by atoms with Crippen LogP contribution in [0.2, 0.25) is 0 Å². The number of hydrogen-bond acceptors (Lipinski definition) is 5. The number of amides is 2. The number of carbonyl (C=O) groups excluding carboxylic acids is 2. The molecule has 0 saturated heterocycles. The molecular weight excluding hydrogens is 363 g/mol. The number of halogens is 3. The molecule has 0 aromatic carbocycles. The van der Waals surface area contributed by atoms with Gasteiger partial charge in [0.05, 0.1) is 11.3 Å². The van der Waals surface area contributed by atoms with E-state index in [4.69, 9.17) is 0 Å². The summed E-state index contributed by atoms with van der Waals surface area (Å²) in [4.78, 5) is 37.7. The summed E-state index contributed by atoms with van der Waals surface area (Å²) in [5.74, 6) is -0.869. The summed E-state index contributed by atoms with van der Waals surface area (Å²) in [7, 11) is 0. The minimum Gasteiger partial charge on any atom is -0.328 e. The third kappa shape index (κ3) is 3.22. The van der Waals surface area contributed by atoms with Gasteiger partial charge in [-0.15, -0.1) is 0 Å². The molecule has 1 aliphatic carbocycles. The standard InChI is InChI=1S/C17H14F3N5O2/c18-17(19,20)11-3-2-10-13(23-11)16(4-5-16)9-25(14(10)27)8-12(26)24-15-21-6-1-7-22-15/h1-3,6-7H,4-5,8-9H2,(H,21,22,24,26). The van der Waals surface area contributed by atoms with E-state index >= 15 is 0 Å². The maximum atomic E-state index is 13.0. The highest BCUT2D eigenvalue weighted by Gasteiger charge is 2.53. The van der Waals surface area contributed by atoms with Gasteiger partial charge in [-0.05, 0) is 31.0 Å². The van der Waals surface area contributed by atoms with Crippen LogP contribution in [-0.4, -0.2) is 44.8 Å².